The first-order valence-electron chi connectivity index (χ1n) is 5.72. The first-order valence-corrected chi connectivity index (χ1v) is 5.72. The van der Waals surface area contributed by atoms with Crippen molar-refractivity contribution in [2.24, 2.45) is 5.92 Å². The summed E-state index contributed by atoms with van der Waals surface area (Å²) < 4.78 is 0. The Hall–Kier alpha value is -1.09. The average molecular weight is 205 g/mol. The number of hydrogen-bond acceptors (Lipinski definition) is 3. The molecule has 1 aromatic heterocycles. The summed E-state index contributed by atoms with van der Waals surface area (Å²) in [6.45, 7) is 5.39. The summed E-state index contributed by atoms with van der Waals surface area (Å²) in [5, 5.41) is 6.86. The molecule has 2 heterocycles. The van der Waals surface area contributed by atoms with E-state index in [0.29, 0.717) is 0 Å². The van der Waals surface area contributed by atoms with Crippen molar-refractivity contribution < 1.29 is 0 Å². The Kier molecular flexibility index (Phi) is 3.56. The number of aryl methyl sites for hydroxylation is 1. The summed E-state index contributed by atoms with van der Waals surface area (Å²) in [5.41, 5.74) is 2.20. The minimum Gasteiger partial charge on any atom is -0.383 e. The Morgan fingerprint density at radius 3 is 3.13 bits per heavy atom. The first-order chi connectivity index (χ1) is 7.34. The molecule has 1 atom stereocenters. The van der Waals surface area contributed by atoms with Gasteiger partial charge in [-0.3, -0.25) is 4.98 Å². The molecule has 0 amide bonds. The summed E-state index contributed by atoms with van der Waals surface area (Å²) in [4.78, 5) is 4.26. The molecule has 15 heavy (non-hydrogen) atoms. The third-order valence-electron chi connectivity index (χ3n) is 2.91. The topological polar surface area (TPSA) is 37.0 Å². The van der Waals surface area contributed by atoms with Gasteiger partial charge < -0.3 is 10.6 Å². The fraction of sp³-hybridized carbons (Fsp3) is 0.583. The molecule has 0 bridgehead atoms. The van der Waals surface area contributed by atoms with Crippen LogP contribution in [0.25, 0.3) is 0 Å². The molecule has 0 spiro atoms. The first kappa shape index (κ1) is 10.4. The van der Waals surface area contributed by atoms with Crippen LogP contribution in [0.3, 0.4) is 0 Å². The van der Waals surface area contributed by atoms with Crippen molar-refractivity contribution in [1.29, 1.82) is 0 Å². The highest BCUT2D eigenvalue weighted by atomic mass is 14.9. The molecule has 1 aliphatic heterocycles. The summed E-state index contributed by atoms with van der Waals surface area (Å²) in [5.74, 6) is 0.764. The molecule has 0 saturated carbocycles. The van der Waals surface area contributed by atoms with Gasteiger partial charge in [0.1, 0.15) is 0 Å². The van der Waals surface area contributed by atoms with Crippen molar-refractivity contribution in [3.8, 4) is 0 Å². The van der Waals surface area contributed by atoms with Crippen LogP contribution in [-0.2, 0) is 0 Å². The maximum Gasteiger partial charge on any atom is 0.0527 e. The highest BCUT2D eigenvalue weighted by molar-refractivity contribution is 5.40. The molecule has 0 aliphatic carbocycles. The SMILES string of the molecule is Cc1ccc(NCC2CCCNC2)cn1. The van der Waals surface area contributed by atoms with Crippen molar-refractivity contribution >= 4 is 5.69 Å². The van der Waals surface area contributed by atoms with Crippen molar-refractivity contribution in [3.63, 3.8) is 0 Å². The van der Waals surface area contributed by atoms with Gasteiger partial charge in [0.2, 0.25) is 0 Å². The molecular formula is C12H19N3. The van der Waals surface area contributed by atoms with E-state index < -0.39 is 0 Å². The summed E-state index contributed by atoms with van der Waals surface area (Å²) in [6.07, 6.45) is 4.55. The molecule has 1 unspecified atom stereocenters. The fourth-order valence-electron chi connectivity index (χ4n) is 1.93. The molecule has 1 fully saturated rings. The third-order valence-corrected chi connectivity index (χ3v) is 2.91. The Morgan fingerprint density at radius 2 is 2.47 bits per heavy atom. The minimum atomic E-state index is 0.764. The minimum absolute atomic E-state index is 0.764. The summed E-state index contributed by atoms with van der Waals surface area (Å²) in [6, 6.07) is 4.14. The van der Waals surface area contributed by atoms with E-state index in [0.717, 1.165) is 30.4 Å². The Morgan fingerprint density at radius 1 is 1.53 bits per heavy atom. The lowest BCUT2D eigenvalue weighted by Gasteiger charge is -2.23. The molecule has 0 radical (unpaired) electrons. The zero-order valence-corrected chi connectivity index (χ0v) is 9.29. The molecule has 3 nitrogen and oxygen atoms in total. The molecule has 82 valence electrons. The maximum atomic E-state index is 4.26. The number of aromatic nitrogens is 1. The second kappa shape index (κ2) is 5.12. The van der Waals surface area contributed by atoms with E-state index in [9.17, 15) is 0 Å². The average Bonchev–Trinajstić information content (AvgIpc) is 2.30. The van der Waals surface area contributed by atoms with Gasteiger partial charge in [-0.15, -0.1) is 0 Å². The highest BCUT2D eigenvalue weighted by Gasteiger charge is 2.11. The van der Waals surface area contributed by atoms with E-state index >= 15 is 0 Å². The quantitative estimate of drug-likeness (QED) is 0.790. The van der Waals surface area contributed by atoms with Crippen molar-refractivity contribution in [3.05, 3.63) is 24.0 Å². The van der Waals surface area contributed by atoms with Crippen LogP contribution in [0, 0.1) is 12.8 Å². The number of nitrogens with zero attached hydrogens (tertiary/aromatic N) is 1. The number of nitrogens with one attached hydrogen (secondary N) is 2. The Labute approximate surface area is 91.3 Å². The van der Waals surface area contributed by atoms with Crippen LogP contribution < -0.4 is 10.6 Å². The predicted octanol–water partition coefficient (Wildman–Crippen LogP) is 1.80. The number of hydrogen-bond donors (Lipinski definition) is 2. The van der Waals surface area contributed by atoms with E-state index in [4.69, 9.17) is 0 Å². The number of piperidine rings is 1. The van der Waals surface area contributed by atoms with E-state index in [-0.39, 0.29) is 0 Å². The van der Waals surface area contributed by atoms with Gasteiger partial charge in [-0.2, -0.15) is 0 Å². The van der Waals surface area contributed by atoms with Gasteiger partial charge in [-0.25, -0.2) is 0 Å². The van der Waals surface area contributed by atoms with Gasteiger partial charge in [-0.05, 0) is 50.9 Å². The monoisotopic (exact) mass is 205 g/mol. The third kappa shape index (κ3) is 3.20. The smallest absolute Gasteiger partial charge is 0.0527 e. The zero-order chi connectivity index (χ0) is 10.5. The predicted molar refractivity (Wildman–Crippen MR) is 63.1 cm³/mol. The summed E-state index contributed by atoms with van der Waals surface area (Å²) in [7, 11) is 0. The molecule has 2 N–H and O–H groups in total. The number of pyridine rings is 1. The standard InChI is InChI=1S/C12H19N3/c1-10-4-5-12(9-14-10)15-8-11-3-2-6-13-7-11/h4-5,9,11,13,15H,2-3,6-8H2,1H3. The van der Waals surface area contributed by atoms with E-state index in [1.807, 2.05) is 19.2 Å². The summed E-state index contributed by atoms with van der Waals surface area (Å²) >= 11 is 0. The normalized spacial score (nSPS) is 21.3. The van der Waals surface area contributed by atoms with Crippen LogP contribution in [-0.4, -0.2) is 24.6 Å². The van der Waals surface area contributed by atoms with Crippen molar-refractivity contribution in [1.82, 2.24) is 10.3 Å². The van der Waals surface area contributed by atoms with Crippen LogP contribution in [0.4, 0.5) is 5.69 Å². The van der Waals surface area contributed by atoms with Gasteiger partial charge in [0.25, 0.3) is 0 Å². The van der Waals surface area contributed by atoms with Crippen molar-refractivity contribution in [2.75, 3.05) is 25.0 Å². The lowest BCUT2D eigenvalue weighted by molar-refractivity contribution is 0.393. The van der Waals surface area contributed by atoms with Gasteiger partial charge in [-0.1, -0.05) is 0 Å². The van der Waals surface area contributed by atoms with E-state index in [1.54, 1.807) is 0 Å². The molecular weight excluding hydrogens is 186 g/mol. The van der Waals surface area contributed by atoms with Gasteiger partial charge in [0.05, 0.1) is 11.9 Å². The molecule has 0 aromatic carbocycles. The van der Waals surface area contributed by atoms with E-state index in [2.05, 4.69) is 21.7 Å². The van der Waals surface area contributed by atoms with Crippen LogP contribution in [0.15, 0.2) is 18.3 Å². The largest absolute Gasteiger partial charge is 0.383 e. The molecule has 1 saturated heterocycles. The van der Waals surface area contributed by atoms with Gasteiger partial charge in [0.15, 0.2) is 0 Å². The Bertz CT molecular complexity index is 288. The lowest BCUT2D eigenvalue weighted by Crippen LogP contribution is -2.33. The molecule has 1 aliphatic rings. The lowest BCUT2D eigenvalue weighted by atomic mass is 10.00. The molecule has 3 heteroatoms. The maximum absolute atomic E-state index is 4.26. The van der Waals surface area contributed by atoms with Crippen molar-refractivity contribution in [2.45, 2.75) is 19.8 Å². The van der Waals surface area contributed by atoms with Crippen LogP contribution >= 0.6 is 0 Å². The Balaban J connectivity index is 1.79. The molecule has 2 rings (SSSR count). The van der Waals surface area contributed by atoms with E-state index in [1.165, 1.54) is 19.4 Å². The molecule has 1 aromatic rings. The number of anilines is 1. The second-order valence-corrected chi connectivity index (χ2v) is 4.28. The highest BCUT2D eigenvalue weighted by Crippen LogP contribution is 2.12. The number of rotatable bonds is 3. The van der Waals surface area contributed by atoms with Crippen LogP contribution in [0.1, 0.15) is 18.5 Å². The zero-order valence-electron chi connectivity index (χ0n) is 9.29. The van der Waals surface area contributed by atoms with Crippen LogP contribution in [0.2, 0.25) is 0 Å². The fourth-order valence-corrected chi connectivity index (χ4v) is 1.93. The van der Waals surface area contributed by atoms with Gasteiger partial charge >= 0.3 is 0 Å². The van der Waals surface area contributed by atoms with Gasteiger partial charge in [0, 0.05) is 12.2 Å². The second-order valence-electron chi connectivity index (χ2n) is 4.28. The van der Waals surface area contributed by atoms with Crippen LogP contribution in [0.5, 0.6) is 0 Å².